The van der Waals surface area contributed by atoms with E-state index in [0.29, 0.717) is 18.9 Å². The third kappa shape index (κ3) is 6.48. The molecule has 0 aliphatic carbocycles. The molecule has 0 aromatic heterocycles. The van der Waals surface area contributed by atoms with E-state index < -0.39 is 0 Å². The first-order chi connectivity index (χ1) is 11.7. The van der Waals surface area contributed by atoms with Gasteiger partial charge in [-0.15, -0.1) is 0 Å². The van der Waals surface area contributed by atoms with Gasteiger partial charge in [-0.05, 0) is 56.8 Å². The van der Waals surface area contributed by atoms with Crippen molar-refractivity contribution in [1.29, 1.82) is 0 Å². The standard InChI is InChI=1S/C19H31FN4/c1-3-21-19(22-11-10-17-8-4-5-9-18(17)20)23-14-16(2)15-24-12-6-7-13-24/h4-5,8-9,16H,3,6-7,10-15H2,1-2H3,(H2,21,22,23). The van der Waals surface area contributed by atoms with Gasteiger partial charge in [0.25, 0.3) is 0 Å². The number of halogens is 1. The van der Waals surface area contributed by atoms with Gasteiger partial charge in [-0.25, -0.2) is 4.39 Å². The molecule has 2 N–H and O–H groups in total. The smallest absolute Gasteiger partial charge is 0.191 e. The molecule has 134 valence electrons. The number of rotatable bonds is 8. The molecule has 2 rings (SSSR count). The Morgan fingerprint density at radius 3 is 2.71 bits per heavy atom. The maximum Gasteiger partial charge on any atom is 0.191 e. The Hall–Kier alpha value is -1.62. The van der Waals surface area contributed by atoms with Crippen LogP contribution in [0, 0.1) is 11.7 Å². The summed E-state index contributed by atoms with van der Waals surface area (Å²) in [5.41, 5.74) is 0.739. The van der Waals surface area contributed by atoms with Gasteiger partial charge in [0.2, 0.25) is 0 Å². The van der Waals surface area contributed by atoms with Crippen LogP contribution in [0.4, 0.5) is 4.39 Å². The van der Waals surface area contributed by atoms with Crippen molar-refractivity contribution in [3.63, 3.8) is 0 Å². The van der Waals surface area contributed by atoms with Crippen molar-refractivity contribution in [2.24, 2.45) is 10.9 Å². The van der Waals surface area contributed by atoms with Crippen LogP contribution in [-0.2, 0) is 6.42 Å². The van der Waals surface area contributed by atoms with Crippen LogP contribution >= 0.6 is 0 Å². The lowest BCUT2D eigenvalue weighted by atomic mass is 10.1. The van der Waals surface area contributed by atoms with Crippen LogP contribution in [0.5, 0.6) is 0 Å². The van der Waals surface area contributed by atoms with Gasteiger partial charge >= 0.3 is 0 Å². The highest BCUT2D eigenvalue weighted by molar-refractivity contribution is 5.79. The highest BCUT2D eigenvalue weighted by atomic mass is 19.1. The fourth-order valence-corrected chi connectivity index (χ4v) is 3.07. The lowest BCUT2D eigenvalue weighted by molar-refractivity contribution is 0.291. The normalized spacial score (nSPS) is 17.0. The molecule has 5 heteroatoms. The van der Waals surface area contributed by atoms with Crippen molar-refractivity contribution in [1.82, 2.24) is 15.5 Å². The second-order valence-electron chi connectivity index (χ2n) is 6.60. The largest absolute Gasteiger partial charge is 0.357 e. The fourth-order valence-electron chi connectivity index (χ4n) is 3.07. The number of guanidine groups is 1. The van der Waals surface area contributed by atoms with Gasteiger partial charge in [-0.1, -0.05) is 25.1 Å². The predicted molar refractivity (Wildman–Crippen MR) is 98.9 cm³/mol. The summed E-state index contributed by atoms with van der Waals surface area (Å²) in [6.07, 6.45) is 3.31. The minimum atomic E-state index is -0.138. The van der Waals surface area contributed by atoms with E-state index in [9.17, 15) is 4.39 Å². The molecule has 1 atom stereocenters. The maximum absolute atomic E-state index is 13.6. The number of nitrogens with zero attached hydrogens (tertiary/aromatic N) is 2. The zero-order valence-electron chi connectivity index (χ0n) is 15.0. The molecule has 1 saturated heterocycles. The molecule has 1 aliphatic rings. The van der Waals surface area contributed by atoms with E-state index in [4.69, 9.17) is 0 Å². The topological polar surface area (TPSA) is 39.7 Å². The summed E-state index contributed by atoms with van der Waals surface area (Å²) < 4.78 is 13.6. The quantitative estimate of drug-likeness (QED) is 0.567. The summed E-state index contributed by atoms with van der Waals surface area (Å²) in [6.45, 7) is 10.2. The second-order valence-corrected chi connectivity index (χ2v) is 6.60. The van der Waals surface area contributed by atoms with Crippen molar-refractivity contribution < 1.29 is 4.39 Å². The Labute approximate surface area is 145 Å². The number of hydrogen-bond acceptors (Lipinski definition) is 2. The molecule has 1 aromatic rings. The monoisotopic (exact) mass is 334 g/mol. The van der Waals surface area contributed by atoms with Crippen molar-refractivity contribution in [3.8, 4) is 0 Å². The summed E-state index contributed by atoms with van der Waals surface area (Å²) >= 11 is 0. The average Bonchev–Trinajstić information content (AvgIpc) is 3.07. The van der Waals surface area contributed by atoms with Crippen molar-refractivity contribution >= 4 is 5.96 Å². The first-order valence-corrected chi connectivity index (χ1v) is 9.17. The Kier molecular flexibility index (Phi) is 8.02. The average molecular weight is 334 g/mol. The van der Waals surface area contributed by atoms with Crippen LogP contribution in [0.1, 0.15) is 32.3 Å². The van der Waals surface area contributed by atoms with Crippen LogP contribution in [0.2, 0.25) is 0 Å². The van der Waals surface area contributed by atoms with E-state index >= 15 is 0 Å². The Morgan fingerprint density at radius 1 is 1.25 bits per heavy atom. The van der Waals surface area contributed by atoms with Crippen LogP contribution in [0.3, 0.4) is 0 Å². The number of aliphatic imine (C=N–C) groups is 1. The van der Waals surface area contributed by atoms with Gasteiger partial charge in [0.05, 0.1) is 0 Å². The zero-order chi connectivity index (χ0) is 17.2. The van der Waals surface area contributed by atoms with Crippen molar-refractivity contribution in [2.75, 3.05) is 39.3 Å². The first kappa shape index (κ1) is 18.7. The molecule has 4 nitrogen and oxygen atoms in total. The molecule has 0 saturated carbocycles. The van der Waals surface area contributed by atoms with E-state index in [-0.39, 0.29) is 5.82 Å². The molecule has 0 amide bonds. The van der Waals surface area contributed by atoms with E-state index in [2.05, 4.69) is 34.4 Å². The lowest BCUT2D eigenvalue weighted by Crippen LogP contribution is -2.39. The zero-order valence-corrected chi connectivity index (χ0v) is 15.0. The molecule has 0 spiro atoms. The molecule has 1 aliphatic heterocycles. The summed E-state index contributed by atoms with van der Waals surface area (Å²) in [4.78, 5) is 7.21. The first-order valence-electron chi connectivity index (χ1n) is 9.17. The second kappa shape index (κ2) is 10.3. The molecule has 24 heavy (non-hydrogen) atoms. The number of likely N-dealkylation sites (tertiary alicyclic amines) is 1. The summed E-state index contributed by atoms with van der Waals surface area (Å²) in [5, 5.41) is 6.57. The van der Waals surface area contributed by atoms with E-state index in [1.807, 2.05) is 12.1 Å². The van der Waals surface area contributed by atoms with Crippen molar-refractivity contribution in [2.45, 2.75) is 33.1 Å². The molecule has 1 heterocycles. The Morgan fingerprint density at radius 2 is 2.00 bits per heavy atom. The lowest BCUT2D eigenvalue weighted by Gasteiger charge is -2.19. The molecule has 0 bridgehead atoms. The number of hydrogen-bond donors (Lipinski definition) is 2. The minimum Gasteiger partial charge on any atom is -0.357 e. The van der Waals surface area contributed by atoms with Gasteiger partial charge in [0, 0.05) is 26.2 Å². The Bertz CT molecular complexity index is 512. The molecule has 0 radical (unpaired) electrons. The number of benzene rings is 1. The van der Waals surface area contributed by atoms with Gasteiger partial charge < -0.3 is 15.5 Å². The molecular formula is C19H31FN4. The molecule has 1 fully saturated rings. The maximum atomic E-state index is 13.6. The summed E-state index contributed by atoms with van der Waals surface area (Å²) in [7, 11) is 0. The highest BCUT2D eigenvalue weighted by Gasteiger charge is 2.14. The third-order valence-corrected chi connectivity index (χ3v) is 4.32. The van der Waals surface area contributed by atoms with Gasteiger partial charge in [0.15, 0.2) is 5.96 Å². The molecule has 1 aromatic carbocycles. The fraction of sp³-hybridized carbons (Fsp3) is 0.632. The van der Waals surface area contributed by atoms with Crippen LogP contribution in [0.15, 0.2) is 29.3 Å². The summed E-state index contributed by atoms with van der Waals surface area (Å²) in [6, 6.07) is 6.94. The van der Waals surface area contributed by atoms with E-state index in [1.54, 1.807) is 6.07 Å². The van der Waals surface area contributed by atoms with Crippen LogP contribution in [-0.4, -0.2) is 50.1 Å². The molecular weight excluding hydrogens is 303 g/mol. The summed E-state index contributed by atoms with van der Waals surface area (Å²) in [5.74, 6) is 1.23. The van der Waals surface area contributed by atoms with Gasteiger partial charge in [0.1, 0.15) is 5.82 Å². The van der Waals surface area contributed by atoms with Crippen molar-refractivity contribution in [3.05, 3.63) is 35.6 Å². The van der Waals surface area contributed by atoms with E-state index in [1.165, 1.54) is 32.0 Å². The van der Waals surface area contributed by atoms with Gasteiger partial charge in [-0.2, -0.15) is 0 Å². The van der Waals surface area contributed by atoms with Gasteiger partial charge in [-0.3, -0.25) is 4.99 Å². The number of nitrogens with one attached hydrogen (secondary N) is 2. The SMILES string of the molecule is CCNC(=NCC(C)CN1CCCC1)NCCc1ccccc1F. The minimum absolute atomic E-state index is 0.138. The van der Waals surface area contributed by atoms with Crippen LogP contribution in [0.25, 0.3) is 0 Å². The highest BCUT2D eigenvalue weighted by Crippen LogP contribution is 2.10. The van der Waals surface area contributed by atoms with Crippen LogP contribution < -0.4 is 10.6 Å². The predicted octanol–water partition coefficient (Wildman–Crippen LogP) is 2.66. The molecule has 1 unspecified atom stereocenters. The third-order valence-electron chi connectivity index (χ3n) is 4.32. The Balaban J connectivity index is 1.76. The van der Waals surface area contributed by atoms with E-state index in [0.717, 1.165) is 31.2 Å².